The van der Waals surface area contributed by atoms with E-state index in [1.165, 1.54) is 6.42 Å². The van der Waals surface area contributed by atoms with Gasteiger partial charge in [-0.1, -0.05) is 10.3 Å². The topological polar surface area (TPSA) is 77.0 Å². The summed E-state index contributed by atoms with van der Waals surface area (Å²) in [5.74, 6) is 2.15. The summed E-state index contributed by atoms with van der Waals surface area (Å²) in [5.41, 5.74) is 1.87. The lowest BCUT2D eigenvalue weighted by Gasteiger charge is -2.07. The molecule has 0 saturated heterocycles. The molecule has 0 radical (unpaired) electrons. The summed E-state index contributed by atoms with van der Waals surface area (Å²) in [7, 11) is 1.92. The maximum Gasteiger partial charge on any atom is 0.280 e. The van der Waals surface area contributed by atoms with Gasteiger partial charge in [0.05, 0.1) is 0 Å². The van der Waals surface area contributed by atoms with Crippen LogP contribution in [-0.2, 0) is 19.3 Å². The molecule has 1 aliphatic rings. The van der Waals surface area contributed by atoms with E-state index in [9.17, 15) is 0 Å². The van der Waals surface area contributed by atoms with Crippen LogP contribution >= 0.6 is 0 Å². The van der Waals surface area contributed by atoms with Crippen molar-refractivity contribution in [1.82, 2.24) is 20.6 Å². The summed E-state index contributed by atoms with van der Waals surface area (Å²) in [6.07, 6.45) is 5.01. The van der Waals surface area contributed by atoms with Crippen molar-refractivity contribution in [2.24, 2.45) is 0 Å². The van der Waals surface area contributed by atoms with Gasteiger partial charge in [-0.3, -0.25) is 0 Å². The average Bonchev–Trinajstić information content (AvgIpc) is 3.04. The summed E-state index contributed by atoms with van der Waals surface area (Å²) in [4.78, 5) is 4.41. The molecule has 6 nitrogen and oxygen atoms in total. The fraction of sp³-hybridized carbons (Fsp3) is 0.615. The minimum absolute atomic E-state index is 0.316. The Kier molecular flexibility index (Phi) is 3.33. The maximum absolute atomic E-state index is 5.36. The number of hydrogen-bond donors (Lipinski definition) is 1. The lowest BCUT2D eigenvalue weighted by atomic mass is 9.96. The van der Waals surface area contributed by atoms with Crippen LogP contribution in [0.2, 0.25) is 0 Å². The predicted octanol–water partition coefficient (Wildman–Crippen LogP) is 1.75. The summed E-state index contributed by atoms with van der Waals surface area (Å²) < 4.78 is 10.7. The average molecular weight is 262 g/mol. The van der Waals surface area contributed by atoms with E-state index in [-0.39, 0.29) is 0 Å². The molecule has 1 aliphatic carbocycles. The molecule has 102 valence electrons. The van der Waals surface area contributed by atoms with Gasteiger partial charge in [0.15, 0.2) is 11.5 Å². The third-order valence-electron chi connectivity index (χ3n) is 3.60. The number of fused-ring (bicyclic) bond motifs is 1. The van der Waals surface area contributed by atoms with Crippen LogP contribution in [0.1, 0.15) is 36.9 Å². The molecule has 2 aromatic heterocycles. The smallest absolute Gasteiger partial charge is 0.280 e. The van der Waals surface area contributed by atoms with Crippen LogP contribution in [-0.4, -0.2) is 28.4 Å². The second-order valence-corrected chi connectivity index (χ2v) is 5.05. The normalized spacial score (nSPS) is 16.3. The van der Waals surface area contributed by atoms with E-state index in [1.807, 2.05) is 7.05 Å². The van der Waals surface area contributed by atoms with Gasteiger partial charge in [-0.2, -0.15) is 4.98 Å². The van der Waals surface area contributed by atoms with E-state index >= 15 is 0 Å². The van der Waals surface area contributed by atoms with E-state index in [0.29, 0.717) is 17.8 Å². The second-order valence-electron chi connectivity index (χ2n) is 5.05. The standard InChI is InChI=1S/C13H18N4O2/c1-8(14-2)7-11-15-13(19-16-11)12-9-5-3-4-6-10(9)18-17-12/h8,14H,3-7H2,1-2H3. The first kappa shape index (κ1) is 12.3. The minimum atomic E-state index is 0.316. The van der Waals surface area contributed by atoms with Crippen molar-refractivity contribution in [2.75, 3.05) is 7.05 Å². The molecule has 0 aliphatic heterocycles. The second kappa shape index (κ2) is 5.13. The molecule has 1 unspecified atom stereocenters. The fourth-order valence-electron chi connectivity index (χ4n) is 2.36. The van der Waals surface area contributed by atoms with Crippen molar-refractivity contribution >= 4 is 0 Å². The lowest BCUT2D eigenvalue weighted by Crippen LogP contribution is -2.24. The Balaban J connectivity index is 1.84. The molecule has 0 bridgehead atoms. The Morgan fingerprint density at radius 1 is 1.21 bits per heavy atom. The summed E-state index contributed by atoms with van der Waals surface area (Å²) >= 11 is 0. The van der Waals surface area contributed by atoms with Gasteiger partial charge >= 0.3 is 0 Å². The van der Waals surface area contributed by atoms with Gasteiger partial charge < -0.3 is 14.4 Å². The molecule has 2 aromatic rings. The predicted molar refractivity (Wildman–Crippen MR) is 68.7 cm³/mol. The van der Waals surface area contributed by atoms with Crippen molar-refractivity contribution in [3.05, 3.63) is 17.1 Å². The Morgan fingerprint density at radius 2 is 2.05 bits per heavy atom. The zero-order valence-corrected chi connectivity index (χ0v) is 11.3. The Labute approximate surface area is 111 Å². The molecule has 19 heavy (non-hydrogen) atoms. The first-order chi connectivity index (χ1) is 9.28. The van der Waals surface area contributed by atoms with E-state index in [4.69, 9.17) is 9.05 Å². The Morgan fingerprint density at radius 3 is 2.89 bits per heavy atom. The third kappa shape index (κ3) is 2.40. The molecule has 2 heterocycles. The zero-order chi connectivity index (χ0) is 13.2. The molecule has 0 amide bonds. The lowest BCUT2D eigenvalue weighted by molar-refractivity contribution is 0.369. The van der Waals surface area contributed by atoms with E-state index in [2.05, 4.69) is 27.5 Å². The highest BCUT2D eigenvalue weighted by atomic mass is 16.5. The fourth-order valence-corrected chi connectivity index (χ4v) is 2.36. The highest BCUT2D eigenvalue weighted by Crippen LogP contribution is 2.30. The van der Waals surface area contributed by atoms with Gasteiger partial charge in [0.25, 0.3) is 5.89 Å². The van der Waals surface area contributed by atoms with Gasteiger partial charge in [-0.05, 0) is 33.2 Å². The Bertz CT molecular complexity index is 561. The molecule has 6 heteroatoms. The van der Waals surface area contributed by atoms with E-state index in [1.54, 1.807) is 0 Å². The number of nitrogens with one attached hydrogen (secondary N) is 1. The van der Waals surface area contributed by atoms with Crippen molar-refractivity contribution in [1.29, 1.82) is 0 Å². The largest absolute Gasteiger partial charge is 0.360 e. The van der Waals surface area contributed by atoms with Crippen LogP contribution in [0.4, 0.5) is 0 Å². The first-order valence-corrected chi connectivity index (χ1v) is 6.75. The number of nitrogens with zero attached hydrogens (tertiary/aromatic N) is 3. The molecule has 1 N–H and O–H groups in total. The van der Waals surface area contributed by atoms with Gasteiger partial charge in [0, 0.05) is 24.4 Å². The monoisotopic (exact) mass is 262 g/mol. The first-order valence-electron chi connectivity index (χ1n) is 6.75. The van der Waals surface area contributed by atoms with Crippen LogP contribution in [0.3, 0.4) is 0 Å². The number of likely N-dealkylation sites (N-methyl/N-ethyl adjacent to an activating group) is 1. The van der Waals surface area contributed by atoms with Crippen LogP contribution in [0.15, 0.2) is 9.05 Å². The SMILES string of the molecule is CNC(C)Cc1noc(-c2noc3c2CCCC3)n1. The van der Waals surface area contributed by atoms with Crippen LogP contribution in [0, 0.1) is 0 Å². The summed E-state index contributed by atoms with van der Waals surface area (Å²) in [5, 5.41) is 11.2. The van der Waals surface area contributed by atoms with E-state index < -0.39 is 0 Å². The number of hydrogen-bond acceptors (Lipinski definition) is 6. The molecular weight excluding hydrogens is 244 g/mol. The van der Waals surface area contributed by atoms with Gasteiger partial charge in [0.2, 0.25) is 0 Å². The highest BCUT2D eigenvalue weighted by molar-refractivity contribution is 5.53. The van der Waals surface area contributed by atoms with Crippen LogP contribution < -0.4 is 5.32 Å². The Hall–Kier alpha value is -1.69. The molecular formula is C13H18N4O2. The number of aryl methyl sites for hydroxylation is 1. The van der Waals surface area contributed by atoms with Gasteiger partial charge in [-0.25, -0.2) is 0 Å². The summed E-state index contributed by atoms with van der Waals surface area (Å²) in [6, 6.07) is 0.316. The van der Waals surface area contributed by atoms with Crippen molar-refractivity contribution in [3.63, 3.8) is 0 Å². The van der Waals surface area contributed by atoms with Gasteiger partial charge in [0.1, 0.15) is 5.76 Å². The van der Waals surface area contributed by atoms with Crippen LogP contribution in [0.25, 0.3) is 11.6 Å². The van der Waals surface area contributed by atoms with Crippen molar-refractivity contribution in [3.8, 4) is 11.6 Å². The summed E-state index contributed by atoms with van der Waals surface area (Å²) in [6.45, 7) is 2.08. The van der Waals surface area contributed by atoms with Gasteiger partial charge in [-0.15, -0.1) is 0 Å². The zero-order valence-electron chi connectivity index (χ0n) is 11.3. The molecule has 0 aromatic carbocycles. The van der Waals surface area contributed by atoms with Crippen LogP contribution in [0.5, 0.6) is 0 Å². The maximum atomic E-state index is 5.36. The third-order valence-corrected chi connectivity index (χ3v) is 3.60. The highest BCUT2D eigenvalue weighted by Gasteiger charge is 2.24. The quantitative estimate of drug-likeness (QED) is 0.904. The molecule has 0 fully saturated rings. The molecule has 1 atom stereocenters. The minimum Gasteiger partial charge on any atom is -0.360 e. The number of aromatic nitrogens is 3. The van der Waals surface area contributed by atoms with Crippen molar-refractivity contribution < 1.29 is 9.05 Å². The molecule has 0 spiro atoms. The van der Waals surface area contributed by atoms with E-state index in [0.717, 1.165) is 42.7 Å². The number of rotatable bonds is 4. The molecule has 0 saturated carbocycles. The molecule has 3 rings (SSSR count). The van der Waals surface area contributed by atoms with Crippen molar-refractivity contribution in [2.45, 2.75) is 45.1 Å².